The van der Waals surface area contributed by atoms with Crippen LogP contribution in [0.3, 0.4) is 0 Å². The summed E-state index contributed by atoms with van der Waals surface area (Å²) in [7, 11) is 0. The molecule has 33 heavy (non-hydrogen) atoms. The number of aryl methyl sites for hydroxylation is 1. The summed E-state index contributed by atoms with van der Waals surface area (Å²) in [6.07, 6.45) is 0.522. The third-order valence-electron chi connectivity index (χ3n) is 5.22. The first-order valence-electron chi connectivity index (χ1n) is 10.9. The van der Waals surface area contributed by atoms with E-state index in [0.717, 1.165) is 28.0 Å². The number of nitrogens with two attached hydrogens (primary N) is 2. The summed E-state index contributed by atoms with van der Waals surface area (Å²) in [6, 6.07) is 23.1. The zero-order valence-electron chi connectivity index (χ0n) is 19.2. The Labute approximate surface area is 194 Å². The van der Waals surface area contributed by atoms with Crippen molar-refractivity contribution in [3.8, 4) is 16.9 Å². The SMILES string of the molecule is Cc1cc(C(=O)NC(Cc2ccc(-c3ccccc3)cc2)/C(=N/N)NN)ccc1OC(C)C. The molecule has 0 bridgehead atoms. The van der Waals surface area contributed by atoms with E-state index in [-0.39, 0.29) is 17.8 Å². The third kappa shape index (κ3) is 6.33. The van der Waals surface area contributed by atoms with Gasteiger partial charge in [-0.1, -0.05) is 54.6 Å². The first-order chi connectivity index (χ1) is 15.9. The molecule has 172 valence electrons. The van der Waals surface area contributed by atoms with Crippen molar-refractivity contribution >= 4 is 11.7 Å². The molecule has 3 aromatic rings. The van der Waals surface area contributed by atoms with E-state index in [9.17, 15) is 4.79 Å². The maximum atomic E-state index is 13.0. The molecule has 0 fully saturated rings. The Morgan fingerprint density at radius 2 is 1.67 bits per heavy atom. The molecule has 0 radical (unpaired) electrons. The third-order valence-corrected chi connectivity index (χ3v) is 5.22. The van der Waals surface area contributed by atoms with Gasteiger partial charge in [0, 0.05) is 5.56 Å². The lowest BCUT2D eigenvalue weighted by Crippen LogP contribution is -2.50. The minimum Gasteiger partial charge on any atom is -0.491 e. The molecule has 3 aromatic carbocycles. The van der Waals surface area contributed by atoms with Crippen molar-refractivity contribution < 1.29 is 9.53 Å². The average molecular weight is 446 g/mol. The number of nitrogens with one attached hydrogen (secondary N) is 2. The number of hydrazine groups is 1. The minimum atomic E-state index is -0.526. The quantitative estimate of drug-likeness (QED) is 0.183. The van der Waals surface area contributed by atoms with Crippen LogP contribution in [0.2, 0.25) is 0 Å². The van der Waals surface area contributed by atoms with Crippen LogP contribution in [-0.2, 0) is 6.42 Å². The van der Waals surface area contributed by atoms with Gasteiger partial charge in [-0.3, -0.25) is 4.79 Å². The Morgan fingerprint density at radius 3 is 2.24 bits per heavy atom. The van der Waals surface area contributed by atoms with Gasteiger partial charge in [0.2, 0.25) is 0 Å². The second kappa shape index (κ2) is 11.2. The summed E-state index contributed by atoms with van der Waals surface area (Å²) in [5.41, 5.74) is 7.16. The second-order valence-corrected chi connectivity index (χ2v) is 8.10. The van der Waals surface area contributed by atoms with Gasteiger partial charge < -0.3 is 21.3 Å². The van der Waals surface area contributed by atoms with Crippen LogP contribution in [0.4, 0.5) is 0 Å². The number of carbonyl (C=O) groups is 1. The Bertz CT molecular complexity index is 1100. The molecule has 0 aliphatic rings. The van der Waals surface area contributed by atoms with E-state index in [1.165, 1.54) is 0 Å². The molecule has 1 unspecified atom stereocenters. The monoisotopic (exact) mass is 445 g/mol. The number of amides is 1. The number of carbonyl (C=O) groups excluding carboxylic acids is 1. The molecule has 0 aliphatic carbocycles. The average Bonchev–Trinajstić information content (AvgIpc) is 2.82. The van der Waals surface area contributed by atoms with Crippen LogP contribution < -0.4 is 27.2 Å². The van der Waals surface area contributed by atoms with E-state index in [1.807, 2.05) is 51.1 Å². The summed E-state index contributed by atoms with van der Waals surface area (Å²) in [5.74, 6) is 11.9. The molecule has 3 rings (SSSR count). The zero-order valence-corrected chi connectivity index (χ0v) is 19.2. The second-order valence-electron chi connectivity index (χ2n) is 8.10. The molecule has 7 nitrogen and oxygen atoms in total. The number of rotatable bonds is 8. The number of hydrazone groups is 1. The van der Waals surface area contributed by atoms with Gasteiger partial charge in [-0.05, 0) is 67.6 Å². The van der Waals surface area contributed by atoms with E-state index in [4.69, 9.17) is 16.4 Å². The normalized spacial score (nSPS) is 12.3. The molecule has 0 aromatic heterocycles. The Balaban J connectivity index is 1.76. The van der Waals surface area contributed by atoms with Gasteiger partial charge in [0.05, 0.1) is 12.1 Å². The molecule has 0 saturated heterocycles. The number of amidine groups is 1. The molecule has 7 heteroatoms. The van der Waals surface area contributed by atoms with E-state index in [1.54, 1.807) is 18.2 Å². The van der Waals surface area contributed by atoms with Crippen molar-refractivity contribution in [1.82, 2.24) is 10.7 Å². The lowest BCUT2D eigenvalue weighted by atomic mass is 10.00. The molecule has 0 saturated carbocycles. The standard InChI is InChI=1S/C26H31N5O2/c1-17(2)33-24-14-13-22(15-18(24)3)26(32)29-23(25(30-27)31-28)16-19-9-11-21(12-10-19)20-7-5-4-6-8-20/h4-15,17,23H,16,27-28H2,1-3H3,(H,29,32)(H,30,31). The first kappa shape index (κ1) is 23.8. The topological polar surface area (TPSA) is 115 Å². The molecule has 0 aliphatic heterocycles. The maximum Gasteiger partial charge on any atom is 0.251 e. The maximum absolute atomic E-state index is 13.0. The number of benzene rings is 3. The highest BCUT2D eigenvalue weighted by molar-refractivity contribution is 5.99. The lowest BCUT2D eigenvalue weighted by Gasteiger charge is -2.21. The summed E-state index contributed by atoms with van der Waals surface area (Å²) in [5, 5.41) is 6.71. The molecule has 0 spiro atoms. The molecular formula is C26H31N5O2. The van der Waals surface area contributed by atoms with Gasteiger partial charge >= 0.3 is 0 Å². The highest BCUT2D eigenvalue weighted by Crippen LogP contribution is 2.22. The highest BCUT2D eigenvalue weighted by atomic mass is 16.5. The number of hydrogen-bond donors (Lipinski definition) is 4. The van der Waals surface area contributed by atoms with E-state index in [2.05, 4.69) is 40.1 Å². The molecular weight excluding hydrogens is 414 g/mol. The minimum absolute atomic E-state index is 0.0555. The van der Waals surface area contributed by atoms with E-state index >= 15 is 0 Å². The number of ether oxygens (including phenoxy) is 1. The van der Waals surface area contributed by atoms with Crippen molar-refractivity contribution in [2.45, 2.75) is 39.3 Å². The summed E-state index contributed by atoms with van der Waals surface area (Å²) >= 11 is 0. The Morgan fingerprint density at radius 1 is 1.00 bits per heavy atom. The summed E-state index contributed by atoms with van der Waals surface area (Å²) in [6.45, 7) is 5.84. The predicted octanol–water partition coefficient (Wildman–Crippen LogP) is 3.53. The largest absolute Gasteiger partial charge is 0.491 e. The smallest absolute Gasteiger partial charge is 0.251 e. The Hall–Kier alpha value is -3.84. The zero-order chi connectivity index (χ0) is 23.8. The van der Waals surface area contributed by atoms with Gasteiger partial charge in [0.1, 0.15) is 5.75 Å². The van der Waals surface area contributed by atoms with Gasteiger partial charge in [-0.15, -0.1) is 0 Å². The highest BCUT2D eigenvalue weighted by Gasteiger charge is 2.20. The van der Waals surface area contributed by atoms with E-state index in [0.29, 0.717) is 12.0 Å². The van der Waals surface area contributed by atoms with Crippen molar-refractivity contribution in [1.29, 1.82) is 0 Å². The van der Waals surface area contributed by atoms with Crippen molar-refractivity contribution in [2.75, 3.05) is 0 Å². The molecule has 1 atom stereocenters. The van der Waals surface area contributed by atoms with Crippen LogP contribution in [0.15, 0.2) is 77.9 Å². The van der Waals surface area contributed by atoms with Crippen LogP contribution >= 0.6 is 0 Å². The molecule has 6 N–H and O–H groups in total. The Kier molecular flexibility index (Phi) is 8.05. The van der Waals surface area contributed by atoms with Crippen molar-refractivity contribution in [3.05, 3.63) is 89.5 Å². The van der Waals surface area contributed by atoms with Gasteiger partial charge in [-0.2, -0.15) is 5.10 Å². The van der Waals surface area contributed by atoms with Crippen LogP contribution in [-0.4, -0.2) is 23.9 Å². The molecule has 0 heterocycles. The van der Waals surface area contributed by atoms with E-state index < -0.39 is 6.04 Å². The van der Waals surface area contributed by atoms with Gasteiger partial charge in [-0.25, -0.2) is 5.84 Å². The lowest BCUT2D eigenvalue weighted by molar-refractivity contribution is 0.0946. The fraction of sp³-hybridized carbons (Fsp3) is 0.231. The fourth-order valence-corrected chi connectivity index (χ4v) is 3.56. The van der Waals surface area contributed by atoms with Crippen LogP contribution in [0.25, 0.3) is 11.1 Å². The predicted molar refractivity (Wildman–Crippen MR) is 133 cm³/mol. The number of nitrogens with zero attached hydrogens (tertiary/aromatic N) is 1. The van der Waals surface area contributed by atoms with Gasteiger partial charge in [0.15, 0.2) is 5.84 Å². The first-order valence-corrected chi connectivity index (χ1v) is 10.9. The van der Waals surface area contributed by atoms with Crippen molar-refractivity contribution in [3.63, 3.8) is 0 Å². The summed E-state index contributed by atoms with van der Waals surface area (Å²) < 4.78 is 5.76. The van der Waals surface area contributed by atoms with Crippen LogP contribution in [0.1, 0.15) is 35.3 Å². The van der Waals surface area contributed by atoms with Crippen LogP contribution in [0.5, 0.6) is 5.75 Å². The molecule has 1 amide bonds. The van der Waals surface area contributed by atoms with Crippen molar-refractivity contribution in [2.24, 2.45) is 16.8 Å². The number of hydrogen-bond acceptors (Lipinski definition) is 5. The summed E-state index contributed by atoms with van der Waals surface area (Å²) in [4.78, 5) is 13.0. The fourth-order valence-electron chi connectivity index (χ4n) is 3.56. The van der Waals surface area contributed by atoms with Gasteiger partial charge in [0.25, 0.3) is 5.91 Å². The van der Waals surface area contributed by atoms with Crippen LogP contribution in [0, 0.1) is 6.92 Å².